The molecule has 0 spiro atoms. The van der Waals surface area contributed by atoms with Crippen LogP contribution in [0.1, 0.15) is 12.0 Å². The summed E-state index contributed by atoms with van der Waals surface area (Å²) in [7, 11) is -4.64. The number of carbonyl (C=O) groups is 2. The Bertz CT molecular complexity index is 526. The molecule has 0 aliphatic rings. The van der Waals surface area contributed by atoms with Crippen molar-refractivity contribution in [1.82, 2.24) is 10.6 Å². The highest BCUT2D eigenvalue weighted by Gasteiger charge is 2.04. The molecule has 1 aromatic carbocycles. The van der Waals surface area contributed by atoms with Gasteiger partial charge in [-0.15, -0.1) is 0 Å². The molecule has 24 heavy (non-hydrogen) atoms. The molecule has 0 aliphatic heterocycles. The Hall–Kier alpha value is -1.97. The Kier molecular flexibility index (Phi) is 11.4. The first-order valence-electron chi connectivity index (χ1n) is 6.82. The first-order valence-corrected chi connectivity index (χ1v) is 8.39. The Morgan fingerprint density at radius 1 is 1.04 bits per heavy atom. The maximum absolute atomic E-state index is 11.3. The van der Waals surface area contributed by atoms with Gasteiger partial charge in [-0.3, -0.25) is 4.79 Å². The Morgan fingerprint density at radius 2 is 1.62 bits per heavy atom. The lowest BCUT2D eigenvalue weighted by atomic mass is 10.2. The third-order valence-electron chi connectivity index (χ3n) is 2.27. The van der Waals surface area contributed by atoms with Crippen molar-refractivity contribution in [3.05, 3.63) is 35.9 Å². The van der Waals surface area contributed by atoms with Gasteiger partial charge in [0.15, 0.2) is 0 Å². The van der Waals surface area contributed by atoms with Crippen LogP contribution < -0.4 is 10.6 Å². The van der Waals surface area contributed by atoms with E-state index in [1.54, 1.807) is 0 Å². The van der Waals surface area contributed by atoms with E-state index in [4.69, 9.17) is 29.1 Å². The predicted molar refractivity (Wildman–Crippen MR) is 83.6 cm³/mol. The van der Waals surface area contributed by atoms with Gasteiger partial charge in [-0.1, -0.05) is 30.3 Å². The summed E-state index contributed by atoms with van der Waals surface area (Å²) in [5.74, 6) is -0.225. The summed E-state index contributed by atoms with van der Waals surface area (Å²) in [6.07, 6.45) is -0.403. The van der Waals surface area contributed by atoms with Gasteiger partial charge in [0.05, 0.1) is 6.61 Å². The van der Waals surface area contributed by atoms with Crippen LogP contribution in [0, 0.1) is 0 Å². The second-order valence-corrected chi connectivity index (χ2v) is 5.35. The first-order chi connectivity index (χ1) is 11.2. The molecule has 11 heteroatoms. The molecule has 1 aromatic rings. The molecule has 0 radical (unpaired) electrons. The average Bonchev–Trinajstić information content (AvgIpc) is 2.50. The molecular weight excluding hydrogens is 343 g/mol. The number of aliphatic hydroxyl groups is 1. The molecule has 0 atom stereocenters. The van der Waals surface area contributed by atoms with Crippen LogP contribution in [-0.2, 0) is 20.7 Å². The van der Waals surface area contributed by atoms with Gasteiger partial charge >= 0.3 is 13.9 Å². The number of alkyl carbamates (subject to hydrolysis) is 1. The summed E-state index contributed by atoms with van der Waals surface area (Å²) in [4.78, 5) is 44.0. The molecule has 0 saturated carbocycles. The summed E-state index contributed by atoms with van der Waals surface area (Å²) < 4.78 is 13.9. The number of benzene rings is 1. The third kappa shape index (κ3) is 16.4. The van der Waals surface area contributed by atoms with Crippen LogP contribution in [0.2, 0.25) is 0 Å². The van der Waals surface area contributed by atoms with Crippen molar-refractivity contribution in [1.29, 1.82) is 0 Å². The van der Waals surface area contributed by atoms with Gasteiger partial charge in [0, 0.05) is 19.5 Å². The molecule has 0 aliphatic carbocycles. The quantitative estimate of drug-likeness (QED) is 0.352. The van der Waals surface area contributed by atoms with Gasteiger partial charge in [-0.25, -0.2) is 9.36 Å². The molecule has 1 rings (SSSR count). The summed E-state index contributed by atoms with van der Waals surface area (Å²) >= 11 is 0. The highest BCUT2D eigenvalue weighted by Crippen LogP contribution is 2.25. The Balaban J connectivity index is 0.000000922. The van der Waals surface area contributed by atoms with E-state index in [9.17, 15) is 9.59 Å². The number of ether oxygens (including phenoxy) is 1. The molecule has 136 valence electrons. The van der Waals surface area contributed by atoms with Crippen molar-refractivity contribution in [3.63, 3.8) is 0 Å². The number of carbonyl (C=O) groups excluding carboxylic acids is 2. The Labute approximate surface area is 138 Å². The van der Waals surface area contributed by atoms with Crippen molar-refractivity contribution in [2.24, 2.45) is 0 Å². The van der Waals surface area contributed by atoms with Crippen LogP contribution in [0.15, 0.2) is 30.3 Å². The number of hydrogen-bond donors (Lipinski definition) is 6. The topological polar surface area (TPSA) is 165 Å². The van der Waals surface area contributed by atoms with Crippen LogP contribution in [0.4, 0.5) is 4.79 Å². The molecular formula is C13H21N2O8P. The van der Waals surface area contributed by atoms with Gasteiger partial charge < -0.3 is 35.2 Å². The molecule has 0 bridgehead atoms. The fraction of sp³-hybridized carbons (Fsp3) is 0.385. The molecule has 0 fully saturated rings. The summed E-state index contributed by atoms with van der Waals surface area (Å²) in [5, 5.41) is 13.5. The van der Waals surface area contributed by atoms with Gasteiger partial charge in [-0.05, 0) is 5.56 Å². The lowest BCUT2D eigenvalue weighted by molar-refractivity contribution is -0.121. The van der Waals surface area contributed by atoms with Crippen molar-refractivity contribution in [2.75, 3.05) is 19.7 Å². The van der Waals surface area contributed by atoms with Gasteiger partial charge in [0.1, 0.15) is 6.61 Å². The summed E-state index contributed by atoms with van der Waals surface area (Å²) in [6.45, 7) is 0.518. The molecule has 0 saturated heterocycles. The molecule has 2 amide bonds. The van der Waals surface area contributed by atoms with Crippen molar-refractivity contribution in [2.45, 2.75) is 13.0 Å². The molecule has 0 unspecified atom stereocenters. The van der Waals surface area contributed by atoms with E-state index in [-0.39, 0.29) is 38.6 Å². The van der Waals surface area contributed by atoms with Crippen LogP contribution in [-0.4, -0.2) is 51.5 Å². The maximum Gasteiger partial charge on any atom is 0.466 e. The fourth-order valence-corrected chi connectivity index (χ4v) is 1.34. The second-order valence-electron chi connectivity index (χ2n) is 4.33. The summed E-state index contributed by atoms with van der Waals surface area (Å²) in [5.41, 5.74) is 0.901. The fourth-order valence-electron chi connectivity index (χ4n) is 1.34. The number of amides is 2. The monoisotopic (exact) mass is 364 g/mol. The third-order valence-corrected chi connectivity index (χ3v) is 2.27. The number of nitrogens with one attached hydrogen (secondary N) is 2. The lowest BCUT2D eigenvalue weighted by Crippen LogP contribution is -2.32. The van der Waals surface area contributed by atoms with E-state index in [2.05, 4.69) is 10.6 Å². The van der Waals surface area contributed by atoms with E-state index in [1.807, 2.05) is 30.3 Å². The van der Waals surface area contributed by atoms with Gasteiger partial charge in [0.2, 0.25) is 5.91 Å². The van der Waals surface area contributed by atoms with Crippen molar-refractivity contribution >= 4 is 19.8 Å². The van der Waals surface area contributed by atoms with Crippen LogP contribution in [0.25, 0.3) is 0 Å². The maximum atomic E-state index is 11.3. The zero-order chi connectivity index (χ0) is 18.4. The average molecular weight is 364 g/mol. The molecule has 6 N–H and O–H groups in total. The second kappa shape index (κ2) is 12.5. The Morgan fingerprint density at radius 3 is 2.17 bits per heavy atom. The van der Waals surface area contributed by atoms with Crippen LogP contribution in [0.3, 0.4) is 0 Å². The van der Waals surface area contributed by atoms with Crippen LogP contribution in [0.5, 0.6) is 0 Å². The number of rotatable bonds is 7. The van der Waals surface area contributed by atoms with Gasteiger partial charge in [-0.2, -0.15) is 0 Å². The zero-order valence-corrected chi connectivity index (χ0v) is 13.7. The first kappa shape index (κ1) is 22.0. The van der Waals surface area contributed by atoms with E-state index >= 15 is 0 Å². The molecule has 10 nitrogen and oxygen atoms in total. The number of aliphatic hydroxyl groups excluding tert-OH is 1. The minimum absolute atomic E-state index is 0.0989. The minimum atomic E-state index is -4.64. The highest BCUT2D eigenvalue weighted by atomic mass is 31.2. The predicted octanol–water partition coefficient (Wildman–Crippen LogP) is -0.517. The van der Waals surface area contributed by atoms with E-state index < -0.39 is 13.9 Å². The standard InChI is InChI=1S/C13H18N2O4.H3O4P/c16-9-8-14-12(17)6-7-15-13(18)19-10-11-4-2-1-3-5-11;1-5(2,3)4/h1-5,16H,6-10H2,(H,14,17)(H,15,18);(H3,1,2,3,4). The minimum Gasteiger partial charge on any atom is -0.445 e. The van der Waals surface area contributed by atoms with Gasteiger partial charge in [0.25, 0.3) is 0 Å². The molecule has 0 aromatic heterocycles. The lowest BCUT2D eigenvalue weighted by Gasteiger charge is -2.07. The largest absolute Gasteiger partial charge is 0.466 e. The van der Waals surface area contributed by atoms with Crippen molar-refractivity contribution < 1.29 is 38.7 Å². The van der Waals surface area contributed by atoms with E-state index in [1.165, 1.54) is 0 Å². The number of hydrogen-bond acceptors (Lipinski definition) is 5. The normalized spacial score (nSPS) is 10.2. The smallest absolute Gasteiger partial charge is 0.445 e. The molecule has 0 heterocycles. The zero-order valence-electron chi connectivity index (χ0n) is 12.8. The highest BCUT2D eigenvalue weighted by molar-refractivity contribution is 7.45. The van der Waals surface area contributed by atoms with Crippen molar-refractivity contribution in [3.8, 4) is 0 Å². The van der Waals surface area contributed by atoms with Crippen LogP contribution >= 0.6 is 7.82 Å². The van der Waals surface area contributed by atoms with E-state index in [0.717, 1.165) is 5.56 Å². The summed E-state index contributed by atoms with van der Waals surface area (Å²) in [6, 6.07) is 9.32. The van der Waals surface area contributed by atoms with E-state index in [0.29, 0.717) is 0 Å². The SMILES string of the molecule is O=C(CCNC(=O)OCc1ccccc1)NCCO.O=P(O)(O)O. The number of phosphoric acid groups is 1.